The van der Waals surface area contributed by atoms with E-state index in [-0.39, 0.29) is 23.7 Å². The summed E-state index contributed by atoms with van der Waals surface area (Å²) in [5.41, 5.74) is 2.14. The van der Waals surface area contributed by atoms with Crippen LogP contribution in [0.4, 0.5) is 0 Å². The van der Waals surface area contributed by atoms with Crippen molar-refractivity contribution in [3.63, 3.8) is 0 Å². The Hall–Kier alpha value is -1.52. The van der Waals surface area contributed by atoms with Crippen molar-refractivity contribution in [3.8, 4) is 0 Å². The molecule has 0 heterocycles. The van der Waals surface area contributed by atoms with E-state index in [0.717, 1.165) is 44.1 Å². The second-order valence-electron chi connectivity index (χ2n) is 8.91. The van der Waals surface area contributed by atoms with Crippen molar-refractivity contribution in [2.75, 3.05) is 12.4 Å². The molecule has 0 saturated heterocycles. The van der Waals surface area contributed by atoms with E-state index in [1.165, 1.54) is 24.8 Å². The molecule has 0 spiro atoms. The van der Waals surface area contributed by atoms with Gasteiger partial charge in [-0.3, -0.25) is 9.59 Å². The van der Waals surface area contributed by atoms with Crippen LogP contribution in [0.15, 0.2) is 35.9 Å². The van der Waals surface area contributed by atoms with Crippen LogP contribution in [0.5, 0.6) is 0 Å². The Morgan fingerprint density at radius 1 is 1.13 bits per heavy atom. The molecule has 2 aliphatic carbocycles. The van der Waals surface area contributed by atoms with Crippen molar-refractivity contribution in [2.45, 2.75) is 76.8 Å². The quantitative estimate of drug-likeness (QED) is 0.376. The molecule has 0 unspecified atom stereocenters. The summed E-state index contributed by atoms with van der Waals surface area (Å²) < 4.78 is 0. The van der Waals surface area contributed by atoms with Crippen molar-refractivity contribution in [1.82, 2.24) is 10.2 Å². The van der Waals surface area contributed by atoms with Gasteiger partial charge in [-0.25, -0.2) is 0 Å². The van der Waals surface area contributed by atoms with Gasteiger partial charge < -0.3 is 10.2 Å². The van der Waals surface area contributed by atoms with Gasteiger partial charge in [0.05, 0.1) is 0 Å². The number of amides is 2. The zero-order valence-electron chi connectivity index (χ0n) is 18.4. The minimum absolute atomic E-state index is 0.128. The summed E-state index contributed by atoms with van der Waals surface area (Å²) >= 11 is 12.1. The Morgan fingerprint density at radius 3 is 2.52 bits per heavy atom. The molecule has 1 fully saturated rings. The molecule has 31 heavy (non-hydrogen) atoms. The topological polar surface area (TPSA) is 49.4 Å². The smallest absolute Gasteiger partial charge is 0.247 e. The highest BCUT2D eigenvalue weighted by atomic mass is 35.5. The molecule has 3 atom stereocenters. The van der Waals surface area contributed by atoms with Gasteiger partial charge in [-0.15, -0.1) is 11.6 Å². The minimum Gasteiger partial charge on any atom is -0.351 e. The molecular weight excluding hydrogens is 431 g/mol. The molecule has 3 rings (SSSR count). The first-order valence-corrected chi connectivity index (χ1v) is 12.5. The number of alkyl halides is 1. The van der Waals surface area contributed by atoms with E-state index in [0.29, 0.717) is 17.5 Å². The maximum atomic E-state index is 13.6. The van der Waals surface area contributed by atoms with Gasteiger partial charge in [0.15, 0.2) is 0 Å². The van der Waals surface area contributed by atoms with Gasteiger partial charge in [0, 0.05) is 17.6 Å². The van der Waals surface area contributed by atoms with E-state index >= 15 is 0 Å². The maximum absolute atomic E-state index is 13.6. The lowest BCUT2D eigenvalue weighted by molar-refractivity contribution is -0.139. The largest absolute Gasteiger partial charge is 0.351 e. The molecule has 0 aromatic heterocycles. The molecule has 1 aromatic rings. The van der Waals surface area contributed by atoms with Crippen LogP contribution in [0.25, 0.3) is 0 Å². The fourth-order valence-electron chi connectivity index (χ4n) is 4.78. The highest BCUT2D eigenvalue weighted by Crippen LogP contribution is 2.29. The first-order valence-electron chi connectivity index (χ1n) is 11.6. The Bertz CT molecular complexity index is 778. The summed E-state index contributed by atoms with van der Waals surface area (Å²) in [7, 11) is 0. The number of hydrogen-bond acceptors (Lipinski definition) is 2. The lowest BCUT2D eigenvalue weighted by atomic mass is 9.85. The van der Waals surface area contributed by atoms with Crippen LogP contribution in [-0.2, 0) is 9.59 Å². The first kappa shape index (κ1) is 24.1. The number of nitrogens with one attached hydrogen (secondary N) is 1. The van der Waals surface area contributed by atoms with E-state index in [1.807, 2.05) is 12.1 Å². The van der Waals surface area contributed by atoms with Crippen LogP contribution in [-0.4, -0.2) is 35.2 Å². The fraction of sp³-hybridized carbons (Fsp3) is 0.600. The van der Waals surface area contributed by atoms with E-state index < -0.39 is 6.04 Å². The number of carbonyl (C=O) groups is 2. The van der Waals surface area contributed by atoms with Gasteiger partial charge in [-0.1, -0.05) is 55.1 Å². The Balaban J connectivity index is 1.85. The molecule has 0 bridgehead atoms. The van der Waals surface area contributed by atoms with Gasteiger partial charge in [0.2, 0.25) is 11.8 Å². The normalized spacial score (nSPS) is 22.4. The number of benzene rings is 1. The first-order chi connectivity index (χ1) is 15.0. The third-order valence-electron chi connectivity index (χ3n) is 6.68. The van der Waals surface area contributed by atoms with Crippen LogP contribution in [0.2, 0.25) is 5.02 Å². The SMILES string of the molecule is C[C@@H]1CCCC[C@@H]1NC(=O)[C@H](c1ccc(Cl)cc1)N(CCC1=CCCCC1)C(=O)CCl. The molecule has 1 N–H and O–H groups in total. The molecular formula is C25H34Cl2N2O2. The summed E-state index contributed by atoms with van der Waals surface area (Å²) in [6.07, 6.45) is 12.1. The maximum Gasteiger partial charge on any atom is 0.247 e. The van der Waals surface area contributed by atoms with Gasteiger partial charge in [0.25, 0.3) is 0 Å². The van der Waals surface area contributed by atoms with Crippen LogP contribution < -0.4 is 5.32 Å². The van der Waals surface area contributed by atoms with Gasteiger partial charge in [-0.2, -0.15) is 0 Å². The molecule has 0 aliphatic heterocycles. The summed E-state index contributed by atoms with van der Waals surface area (Å²) in [5, 5.41) is 3.86. The second-order valence-corrected chi connectivity index (χ2v) is 9.61. The number of halogens is 2. The third kappa shape index (κ3) is 6.73. The highest BCUT2D eigenvalue weighted by Gasteiger charge is 2.33. The van der Waals surface area contributed by atoms with Crippen LogP contribution in [0, 0.1) is 5.92 Å². The predicted molar refractivity (Wildman–Crippen MR) is 127 cm³/mol. The van der Waals surface area contributed by atoms with Crippen LogP contribution >= 0.6 is 23.2 Å². The highest BCUT2D eigenvalue weighted by molar-refractivity contribution is 6.30. The monoisotopic (exact) mass is 464 g/mol. The molecule has 170 valence electrons. The minimum atomic E-state index is -0.707. The molecule has 4 nitrogen and oxygen atoms in total. The second kappa shape index (κ2) is 11.9. The Kier molecular flexibility index (Phi) is 9.28. The van der Waals surface area contributed by atoms with E-state index in [1.54, 1.807) is 17.0 Å². The van der Waals surface area contributed by atoms with Gasteiger partial charge in [-0.05, 0) is 68.6 Å². The lowest BCUT2D eigenvalue weighted by Gasteiger charge is -2.35. The van der Waals surface area contributed by atoms with Crippen molar-refractivity contribution >= 4 is 35.0 Å². The average molecular weight is 465 g/mol. The van der Waals surface area contributed by atoms with Crippen molar-refractivity contribution < 1.29 is 9.59 Å². The van der Waals surface area contributed by atoms with Crippen molar-refractivity contribution in [2.24, 2.45) is 5.92 Å². The van der Waals surface area contributed by atoms with E-state index in [9.17, 15) is 9.59 Å². The number of hydrogen-bond donors (Lipinski definition) is 1. The van der Waals surface area contributed by atoms with Crippen LogP contribution in [0.3, 0.4) is 0 Å². The Labute approximate surface area is 196 Å². The summed E-state index contributed by atoms with van der Waals surface area (Å²) in [5.74, 6) is -0.0499. The summed E-state index contributed by atoms with van der Waals surface area (Å²) in [4.78, 5) is 28.1. The van der Waals surface area contributed by atoms with E-state index in [4.69, 9.17) is 23.2 Å². The van der Waals surface area contributed by atoms with Crippen LogP contribution in [0.1, 0.15) is 76.3 Å². The van der Waals surface area contributed by atoms with Crippen molar-refractivity contribution in [1.29, 1.82) is 0 Å². The Morgan fingerprint density at radius 2 is 1.87 bits per heavy atom. The molecule has 1 saturated carbocycles. The lowest BCUT2D eigenvalue weighted by Crippen LogP contribution is -2.49. The average Bonchev–Trinajstić information content (AvgIpc) is 2.79. The van der Waals surface area contributed by atoms with Gasteiger partial charge in [0.1, 0.15) is 11.9 Å². The standard InChI is InChI=1S/C25H34Cl2N2O2/c1-18-7-5-6-10-22(18)28-25(31)24(20-11-13-21(27)14-12-20)29(23(30)17-26)16-15-19-8-3-2-4-9-19/h8,11-14,18,22,24H,2-7,9-10,15-17H2,1H3,(H,28,31)/t18-,22+,24+/m1/s1. The number of carbonyl (C=O) groups excluding carboxylic acids is 2. The molecule has 2 amide bonds. The number of nitrogens with zero attached hydrogens (tertiary/aromatic N) is 1. The summed E-state index contributed by atoms with van der Waals surface area (Å²) in [6, 6.07) is 6.66. The molecule has 0 radical (unpaired) electrons. The molecule has 1 aromatic carbocycles. The predicted octanol–water partition coefficient (Wildman–Crippen LogP) is 6.03. The third-order valence-corrected chi connectivity index (χ3v) is 7.16. The number of allylic oxidation sites excluding steroid dienone is 1. The zero-order valence-corrected chi connectivity index (χ0v) is 19.9. The zero-order chi connectivity index (χ0) is 22.2. The van der Waals surface area contributed by atoms with Gasteiger partial charge >= 0.3 is 0 Å². The van der Waals surface area contributed by atoms with Crippen molar-refractivity contribution in [3.05, 3.63) is 46.5 Å². The van der Waals surface area contributed by atoms with E-state index in [2.05, 4.69) is 18.3 Å². The fourth-order valence-corrected chi connectivity index (χ4v) is 5.06. The number of rotatable bonds is 8. The molecule has 6 heteroatoms. The summed E-state index contributed by atoms with van der Waals surface area (Å²) in [6.45, 7) is 2.68. The molecule has 2 aliphatic rings.